The number of hydrogen-bond donors (Lipinski definition) is 0. The third kappa shape index (κ3) is 66.5. The lowest BCUT2D eigenvalue weighted by Crippen LogP contribution is -2.30. The van der Waals surface area contributed by atoms with E-state index in [0.29, 0.717) is 19.3 Å². The summed E-state index contributed by atoms with van der Waals surface area (Å²) >= 11 is 0. The van der Waals surface area contributed by atoms with E-state index < -0.39 is 6.10 Å². The van der Waals surface area contributed by atoms with Crippen LogP contribution in [0.15, 0.2) is 122 Å². The second kappa shape index (κ2) is 68.3. The molecule has 0 aliphatic carbocycles. The van der Waals surface area contributed by atoms with Crippen molar-refractivity contribution in [3.05, 3.63) is 122 Å². The minimum Gasteiger partial charge on any atom is -0.462 e. The van der Waals surface area contributed by atoms with Crippen molar-refractivity contribution in [1.29, 1.82) is 0 Å². The zero-order valence-electron chi connectivity index (χ0n) is 53.0. The number of hydrogen-bond acceptors (Lipinski definition) is 6. The van der Waals surface area contributed by atoms with E-state index >= 15 is 0 Å². The van der Waals surface area contributed by atoms with E-state index in [0.717, 1.165) is 135 Å². The molecule has 0 aliphatic rings. The highest BCUT2D eigenvalue weighted by atomic mass is 16.6. The van der Waals surface area contributed by atoms with Gasteiger partial charge in [-0.1, -0.05) is 322 Å². The second-order valence-corrected chi connectivity index (χ2v) is 22.4. The molecule has 0 radical (unpaired) electrons. The largest absolute Gasteiger partial charge is 0.462 e. The standard InChI is InChI=1S/C75H126O6/c1-4-7-10-13-16-19-22-25-28-29-30-31-32-33-34-35-36-37-38-39-40-41-42-43-44-45-46-47-48-51-53-56-59-62-65-68-74(77)80-71-72(81-75(78)69-66-63-60-57-54-50-27-24-21-18-15-12-9-6-3)70-79-73(76)67-64-61-58-55-52-49-26-23-20-17-14-11-8-5-2/h7,10,16,19,25,28,30-31,33-34,36-37,39-40,42-43,45-46,48,51,72H,4-6,8-9,11-15,17-18,20-24,26-27,29,32,35,38,41,44,47,49-50,52-71H2,1-3H3/b10-7-,19-16-,28-25-,31-30-,34-33-,37-36-,40-39-,43-42-,46-45-,51-48-. The van der Waals surface area contributed by atoms with Crippen molar-refractivity contribution < 1.29 is 28.6 Å². The molecule has 462 valence electrons. The molecule has 0 heterocycles. The molecule has 0 bridgehead atoms. The van der Waals surface area contributed by atoms with Crippen LogP contribution < -0.4 is 0 Å². The van der Waals surface area contributed by atoms with Gasteiger partial charge < -0.3 is 14.2 Å². The van der Waals surface area contributed by atoms with Crippen LogP contribution in [0.2, 0.25) is 0 Å². The summed E-state index contributed by atoms with van der Waals surface area (Å²) in [5.74, 6) is -0.897. The number of ether oxygens (including phenoxy) is 3. The Morgan fingerprint density at radius 3 is 0.753 bits per heavy atom. The second-order valence-electron chi connectivity index (χ2n) is 22.4. The molecule has 81 heavy (non-hydrogen) atoms. The first kappa shape index (κ1) is 76.8. The van der Waals surface area contributed by atoms with Crippen LogP contribution in [0, 0.1) is 0 Å². The minimum absolute atomic E-state index is 0.0827. The van der Waals surface area contributed by atoms with Gasteiger partial charge in [0.25, 0.3) is 0 Å². The summed E-state index contributed by atoms with van der Waals surface area (Å²) in [4.78, 5) is 38.3. The normalized spacial score (nSPS) is 12.9. The summed E-state index contributed by atoms with van der Waals surface area (Å²) in [5, 5.41) is 0. The highest BCUT2D eigenvalue weighted by Gasteiger charge is 2.19. The molecule has 0 aromatic carbocycles. The van der Waals surface area contributed by atoms with Crippen molar-refractivity contribution >= 4 is 17.9 Å². The monoisotopic (exact) mass is 1120 g/mol. The molecule has 0 N–H and O–H groups in total. The van der Waals surface area contributed by atoms with Gasteiger partial charge in [0.05, 0.1) is 0 Å². The van der Waals surface area contributed by atoms with Gasteiger partial charge in [0.2, 0.25) is 0 Å². The Balaban J connectivity index is 4.29. The SMILES string of the molecule is CC/C=C\C/C=C\C/C=C\C/C=C\C/C=C\C/C=C\C/C=C\C/C=C\C/C=C\C/C=C\CCCCCCC(=O)OCC(COC(=O)CCCCCCCCCCCCCCCC)OC(=O)CCCCCCCCCCCCCCCC. The van der Waals surface area contributed by atoms with Crippen LogP contribution in [0.25, 0.3) is 0 Å². The lowest BCUT2D eigenvalue weighted by molar-refractivity contribution is -0.167. The van der Waals surface area contributed by atoms with Crippen LogP contribution in [0.5, 0.6) is 0 Å². The lowest BCUT2D eigenvalue weighted by Gasteiger charge is -2.18. The van der Waals surface area contributed by atoms with Crippen LogP contribution >= 0.6 is 0 Å². The molecule has 1 atom stereocenters. The van der Waals surface area contributed by atoms with Crippen molar-refractivity contribution in [3.8, 4) is 0 Å². The molecule has 0 saturated heterocycles. The molecule has 0 fully saturated rings. The van der Waals surface area contributed by atoms with Gasteiger partial charge in [0, 0.05) is 19.3 Å². The van der Waals surface area contributed by atoms with Crippen LogP contribution in [-0.4, -0.2) is 37.2 Å². The van der Waals surface area contributed by atoms with E-state index in [-0.39, 0.29) is 31.1 Å². The number of rotatable bonds is 61. The third-order valence-electron chi connectivity index (χ3n) is 14.5. The first-order valence-corrected chi connectivity index (χ1v) is 34.0. The molecule has 0 rings (SSSR count). The van der Waals surface area contributed by atoms with E-state index in [2.05, 4.69) is 142 Å². The van der Waals surface area contributed by atoms with Crippen molar-refractivity contribution in [2.24, 2.45) is 0 Å². The summed E-state index contributed by atoms with van der Waals surface area (Å²) in [6.45, 7) is 6.53. The average Bonchev–Trinajstić information content (AvgIpc) is 3.47. The summed E-state index contributed by atoms with van der Waals surface area (Å²) in [7, 11) is 0. The molecule has 0 aromatic heterocycles. The maximum Gasteiger partial charge on any atom is 0.306 e. The average molecular weight is 1120 g/mol. The molecule has 1 unspecified atom stereocenters. The lowest BCUT2D eigenvalue weighted by atomic mass is 10.0. The van der Waals surface area contributed by atoms with E-state index in [4.69, 9.17) is 14.2 Å². The van der Waals surface area contributed by atoms with Crippen LogP contribution in [-0.2, 0) is 28.6 Å². The maximum absolute atomic E-state index is 12.9. The molecular formula is C75H126O6. The van der Waals surface area contributed by atoms with E-state index in [1.54, 1.807) is 0 Å². The minimum atomic E-state index is -0.788. The van der Waals surface area contributed by atoms with Gasteiger partial charge in [-0.15, -0.1) is 0 Å². The van der Waals surface area contributed by atoms with Crippen molar-refractivity contribution in [2.45, 2.75) is 322 Å². The van der Waals surface area contributed by atoms with Crippen LogP contribution in [0.4, 0.5) is 0 Å². The number of carbonyl (C=O) groups is 3. The van der Waals surface area contributed by atoms with E-state index in [1.807, 2.05) is 0 Å². The van der Waals surface area contributed by atoms with E-state index in [1.165, 1.54) is 141 Å². The predicted octanol–water partition coefficient (Wildman–Crippen LogP) is 23.6. The summed E-state index contributed by atoms with van der Waals surface area (Å²) in [6, 6.07) is 0. The van der Waals surface area contributed by atoms with Crippen molar-refractivity contribution in [2.75, 3.05) is 13.2 Å². The Bertz CT molecular complexity index is 1670. The summed E-state index contributed by atoms with van der Waals surface area (Å²) in [6.07, 6.45) is 95.0. The predicted molar refractivity (Wildman–Crippen MR) is 353 cm³/mol. The first-order valence-electron chi connectivity index (χ1n) is 34.0. The van der Waals surface area contributed by atoms with Gasteiger partial charge in [0.15, 0.2) is 6.10 Å². The van der Waals surface area contributed by atoms with Crippen molar-refractivity contribution in [1.82, 2.24) is 0 Å². The molecule has 0 aliphatic heterocycles. The van der Waals surface area contributed by atoms with Gasteiger partial charge in [0.1, 0.15) is 13.2 Å². The van der Waals surface area contributed by atoms with Gasteiger partial charge in [-0.2, -0.15) is 0 Å². The molecule has 6 heteroatoms. The van der Waals surface area contributed by atoms with Gasteiger partial charge >= 0.3 is 17.9 Å². The third-order valence-corrected chi connectivity index (χ3v) is 14.5. The molecule has 0 amide bonds. The number of carbonyl (C=O) groups excluding carboxylic acids is 3. The number of esters is 3. The zero-order chi connectivity index (χ0) is 58.5. The smallest absolute Gasteiger partial charge is 0.306 e. The van der Waals surface area contributed by atoms with Gasteiger partial charge in [-0.05, 0) is 96.3 Å². The van der Waals surface area contributed by atoms with Crippen molar-refractivity contribution in [3.63, 3.8) is 0 Å². The molecule has 0 spiro atoms. The fraction of sp³-hybridized carbons (Fsp3) is 0.693. The Hall–Kier alpha value is -4.19. The highest BCUT2D eigenvalue weighted by molar-refractivity contribution is 5.71. The highest BCUT2D eigenvalue weighted by Crippen LogP contribution is 2.17. The molecule has 6 nitrogen and oxygen atoms in total. The zero-order valence-corrected chi connectivity index (χ0v) is 53.0. The quantitative estimate of drug-likeness (QED) is 0.0261. The van der Waals surface area contributed by atoms with Gasteiger partial charge in [-0.25, -0.2) is 0 Å². The van der Waals surface area contributed by atoms with Gasteiger partial charge in [-0.3, -0.25) is 14.4 Å². The fourth-order valence-corrected chi connectivity index (χ4v) is 9.41. The molecular weight excluding hydrogens is 997 g/mol. The summed E-state index contributed by atoms with van der Waals surface area (Å²) < 4.78 is 16.9. The van der Waals surface area contributed by atoms with Crippen LogP contribution in [0.1, 0.15) is 316 Å². The Labute approximate surface area is 501 Å². The van der Waals surface area contributed by atoms with E-state index in [9.17, 15) is 14.4 Å². The Morgan fingerprint density at radius 1 is 0.259 bits per heavy atom. The molecule has 0 saturated carbocycles. The molecule has 0 aromatic rings. The maximum atomic E-state index is 12.9. The topological polar surface area (TPSA) is 78.9 Å². The Kier molecular flexibility index (Phi) is 64.8. The van der Waals surface area contributed by atoms with Crippen LogP contribution in [0.3, 0.4) is 0 Å². The fourth-order valence-electron chi connectivity index (χ4n) is 9.41. The Morgan fingerprint density at radius 2 is 0.481 bits per heavy atom. The summed E-state index contributed by atoms with van der Waals surface area (Å²) in [5.41, 5.74) is 0. The number of unbranched alkanes of at least 4 members (excludes halogenated alkanes) is 30. The first-order chi connectivity index (χ1) is 40.0. The number of allylic oxidation sites excluding steroid dienone is 20.